The minimum atomic E-state index is 0.830. The number of rotatable bonds is 6. The second kappa shape index (κ2) is 7.38. The number of hydrogen-bond donors (Lipinski definition) is 1. The van der Waals surface area contributed by atoms with Crippen LogP contribution < -0.4 is 5.32 Å². The van der Waals surface area contributed by atoms with E-state index in [-0.39, 0.29) is 0 Å². The Labute approximate surface area is 107 Å². The molecule has 0 radical (unpaired) electrons. The van der Waals surface area contributed by atoms with Gasteiger partial charge in [-0.05, 0) is 51.1 Å². The van der Waals surface area contributed by atoms with Crippen molar-refractivity contribution >= 4 is 0 Å². The summed E-state index contributed by atoms with van der Waals surface area (Å²) in [4.78, 5) is 2.79. The first-order valence-electron chi connectivity index (χ1n) is 7.85. The predicted octanol–water partition coefficient (Wildman–Crippen LogP) is 3.03. The summed E-state index contributed by atoms with van der Waals surface area (Å²) in [6, 6.07) is 0.830. The topological polar surface area (TPSA) is 15.3 Å². The molecule has 0 bridgehead atoms. The van der Waals surface area contributed by atoms with Gasteiger partial charge in [0.2, 0.25) is 0 Å². The third-order valence-electron chi connectivity index (χ3n) is 4.52. The van der Waals surface area contributed by atoms with Gasteiger partial charge in [-0.15, -0.1) is 0 Å². The normalized spacial score (nSPS) is 27.7. The average Bonchev–Trinajstić information content (AvgIpc) is 2.84. The summed E-state index contributed by atoms with van der Waals surface area (Å²) in [6.07, 6.45) is 11.5. The zero-order valence-electron chi connectivity index (χ0n) is 11.6. The van der Waals surface area contributed by atoms with Crippen LogP contribution in [0, 0.1) is 5.92 Å². The molecule has 0 aromatic carbocycles. The minimum absolute atomic E-state index is 0.830. The van der Waals surface area contributed by atoms with E-state index in [2.05, 4.69) is 17.1 Å². The largest absolute Gasteiger partial charge is 0.315 e. The first kappa shape index (κ1) is 13.4. The van der Waals surface area contributed by atoms with Crippen LogP contribution in [0.5, 0.6) is 0 Å². The zero-order valence-corrected chi connectivity index (χ0v) is 11.6. The fourth-order valence-corrected chi connectivity index (χ4v) is 3.50. The molecule has 2 aliphatic rings. The molecule has 0 spiro atoms. The molecule has 2 fully saturated rings. The molecule has 1 N–H and O–H groups in total. The van der Waals surface area contributed by atoms with Gasteiger partial charge in [0.25, 0.3) is 0 Å². The molecule has 100 valence electrons. The lowest BCUT2D eigenvalue weighted by Crippen LogP contribution is -2.47. The van der Waals surface area contributed by atoms with Gasteiger partial charge in [-0.3, -0.25) is 4.90 Å². The Hall–Kier alpha value is -0.0800. The fraction of sp³-hybridized carbons (Fsp3) is 1.00. The highest BCUT2D eigenvalue weighted by Gasteiger charge is 2.25. The molecule has 1 atom stereocenters. The van der Waals surface area contributed by atoms with E-state index >= 15 is 0 Å². The summed E-state index contributed by atoms with van der Waals surface area (Å²) >= 11 is 0. The molecule has 1 saturated heterocycles. The van der Waals surface area contributed by atoms with Gasteiger partial charge in [0.15, 0.2) is 0 Å². The van der Waals surface area contributed by atoms with Crippen molar-refractivity contribution in [2.75, 3.05) is 26.2 Å². The summed E-state index contributed by atoms with van der Waals surface area (Å²) in [6.45, 7) is 7.41. The minimum Gasteiger partial charge on any atom is -0.315 e. The van der Waals surface area contributed by atoms with Gasteiger partial charge in [0, 0.05) is 19.1 Å². The quantitative estimate of drug-likeness (QED) is 0.716. The Morgan fingerprint density at radius 1 is 1.06 bits per heavy atom. The van der Waals surface area contributed by atoms with Crippen LogP contribution in [0.4, 0.5) is 0 Å². The summed E-state index contributed by atoms with van der Waals surface area (Å²) in [5.74, 6) is 1.02. The van der Waals surface area contributed by atoms with Gasteiger partial charge in [0.1, 0.15) is 0 Å². The van der Waals surface area contributed by atoms with Crippen molar-refractivity contribution in [1.29, 1.82) is 0 Å². The van der Waals surface area contributed by atoms with Gasteiger partial charge in [0.05, 0.1) is 0 Å². The highest BCUT2D eigenvalue weighted by Crippen LogP contribution is 2.27. The molecule has 1 unspecified atom stereocenters. The molecule has 17 heavy (non-hydrogen) atoms. The van der Waals surface area contributed by atoms with Gasteiger partial charge < -0.3 is 5.32 Å². The molecule has 2 nitrogen and oxygen atoms in total. The van der Waals surface area contributed by atoms with Crippen molar-refractivity contribution in [3.63, 3.8) is 0 Å². The highest BCUT2D eigenvalue weighted by molar-refractivity contribution is 4.82. The van der Waals surface area contributed by atoms with Crippen molar-refractivity contribution in [3.05, 3.63) is 0 Å². The Morgan fingerprint density at radius 3 is 2.59 bits per heavy atom. The van der Waals surface area contributed by atoms with Gasteiger partial charge in [-0.2, -0.15) is 0 Å². The molecule has 0 aromatic rings. The van der Waals surface area contributed by atoms with E-state index in [9.17, 15) is 0 Å². The van der Waals surface area contributed by atoms with Crippen LogP contribution in [-0.4, -0.2) is 37.1 Å². The van der Waals surface area contributed by atoms with E-state index < -0.39 is 0 Å². The van der Waals surface area contributed by atoms with Gasteiger partial charge in [-0.25, -0.2) is 0 Å². The molecule has 2 heteroatoms. The first-order valence-corrected chi connectivity index (χ1v) is 7.85. The van der Waals surface area contributed by atoms with E-state index in [0.29, 0.717) is 0 Å². The highest BCUT2D eigenvalue weighted by atomic mass is 15.2. The molecule has 1 saturated carbocycles. The van der Waals surface area contributed by atoms with E-state index in [4.69, 9.17) is 0 Å². The lowest BCUT2D eigenvalue weighted by Gasteiger charge is -2.37. The second-order valence-corrected chi connectivity index (χ2v) is 6.00. The SMILES string of the molecule is CCCNCC1CCCCN1CC1CCCC1. The molecule has 1 aliphatic heterocycles. The smallest absolute Gasteiger partial charge is 0.0220 e. The van der Waals surface area contributed by atoms with Crippen molar-refractivity contribution < 1.29 is 0 Å². The average molecular weight is 238 g/mol. The van der Waals surface area contributed by atoms with Crippen molar-refractivity contribution in [3.8, 4) is 0 Å². The molecule has 1 aliphatic carbocycles. The van der Waals surface area contributed by atoms with Crippen LogP contribution in [0.3, 0.4) is 0 Å². The van der Waals surface area contributed by atoms with Crippen LogP contribution in [-0.2, 0) is 0 Å². The second-order valence-electron chi connectivity index (χ2n) is 6.00. The van der Waals surface area contributed by atoms with Crippen molar-refractivity contribution in [2.24, 2.45) is 5.92 Å². The van der Waals surface area contributed by atoms with Gasteiger partial charge >= 0.3 is 0 Å². The summed E-state index contributed by atoms with van der Waals surface area (Å²) in [5, 5.41) is 3.62. The third kappa shape index (κ3) is 4.26. The van der Waals surface area contributed by atoms with Crippen LogP contribution in [0.1, 0.15) is 58.3 Å². The predicted molar refractivity (Wildman–Crippen MR) is 74.3 cm³/mol. The monoisotopic (exact) mass is 238 g/mol. The molecular formula is C15H30N2. The molecule has 0 amide bonds. The van der Waals surface area contributed by atoms with Crippen LogP contribution >= 0.6 is 0 Å². The van der Waals surface area contributed by atoms with E-state index in [1.807, 2.05) is 0 Å². The van der Waals surface area contributed by atoms with Crippen molar-refractivity contribution in [2.45, 2.75) is 64.3 Å². The zero-order chi connectivity index (χ0) is 11.9. The Balaban J connectivity index is 1.74. The van der Waals surface area contributed by atoms with Gasteiger partial charge in [-0.1, -0.05) is 26.2 Å². The van der Waals surface area contributed by atoms with E-state index in [1.165, 1.54) is 77.5 Å². The maximum absolute atomic E-state index is 3.62. The maximum atomic E-state index is 3.62. The number of piperidine rings is 1. The number of nitrogens with zero attached hydrogens (tertiary/aromatic N) is 1. The number of likely N-dealkylation sites (tertiary alicyclic amines) is 1. The van der Waals surface area contributed by atoms with Crippen molar-refractivity contribution in [1.82, 2.24) is 10.2 Å². The molecule has 1 heterocycles. The standard InChI is InChI=1S/C15H30N2/c1-2-10-16-12-15-9-5-6-11-17(15)13-14-7-3-4-8-14/h14-16H,2-13H2,1H3. The maximum Gasteiger partial charge on any atom is 0.0220 e. The number of nitrogens with one attached hydrogen (secondary N) is 1. The lowest BCUT2D eigenvalue weighted by atomic mass is 9.99. The summed E-state index contributed by atoms with van der Waals surface area (Å²) in [5.41, 5.74) is 0. The van der Waals surface area contributed by atoms with E-state index in [1.54, 1.807) is 0 Å². The summed E-state index contributed by atoms with van der Waals surface area (Å²) < 4.78 is 0. The molecule has 2 rings (SSSR count). The third-order valence-corrected chi connectivity index (χ3v) is 4.52. The fourth-order valence-electron chi connectivity index (χ4n) is 3.50. The lowest BCUT2D eigenvalue weighted by molar-refractivity contribution is 0.124. The molecular weight excluding hydrogens is 208 g/mol. The van der Waals surface area contributed by atoms with Crippen LogP contribution in [0.2, 0.25) is 0 Å². The summed E-state index contributed by atoms with van der Waals surface area (Å²) in [7, 11) is 0. The van der Waals surface area contributed by atoms with Crippen LogP contribution in [0.25, 0.3) is 0 Å². The Bertz CT molecular complexity index is 199. The number of hydrogen-bond acceptors (Lipinski definition) is 2. The Kier molecular flexibility index (Phi) is 5.79. The van der Waals surface area contributed by atoms with E-state index in [0.717, 1.165) is 12.0 Å². The molecule has 0 aromatic heterocycles. The first-order chi connectivity index (χ1) is 8.40. The van der Waals surface area contributed by atoms with Crippen LogP contribution in [0.15, 0.2) is 0 Å². The Morgan fingerprint density at radius 2 is 1.82 bits per heavy atom.